The van der Waals surface area contributed by atoms with Crippen LogP contribution in [0.15, 0.2) is 18.2 Å². The topological polar surface area (TPSA) is 36.3 Å². The summed E-state index contributed by atoms with van der Waals surface area (Å²) in [6.45, 7) is 6.69. The van der Waals surface area contributed by atoms with Gasteiger partial charge in [-0.05, 0) is 32.9 Å². The second-order valence-electron chi connectivity index (χ2n) is 5.46. The fraction of sp³-hybridized carbons (Fsp3) is 0.533. The number of para-hydroxylation sites is 1. The van der Waals surface area contributed by atoms with Crippen molar-refractivity contribution in [3.05, 3.63) is 24.0 Å². The molecule has 0 saturated heterocycles. The number of alkyl halides is 1. The Labute approximate surface area is 124 Å². The minimum absolute atomic E-state index is 0.181. The molecule has 0 aliphatic carbocycles. The molecule has 5 heteroatoms. The Morgan fingerprint density at radius 3 is 2.60 bits per heavy atom. The molecule has 2 aromatic rings. The Kier molecular flexibility index (Phi) is 4.25. The van der Waals surface area contributed by atoms with E-state index in [1.165, 1.54) is 0 Å². The lowest BCUT2D eigenvalue weighted by Crippen LogP contribution is -2.29. The fourth-order valence-corrected chi connectivity index (χ4v) is 2.39. The molecule has 0 N–H and O–H groups in total. The van der Waals surface area contributed by atoms with Gasteiger partial charge in [-0.3, -0.25) is 0 Å². The van der Waals surface area contributed by atoms with Gasteiger partial charge in [0.25, 0.3) is 0 Å². The first-order valence-corrected chi connectivity index (χ1v) is 7.05. The SMILES string of the molecule is COc1cccc2c1nc(C(C)Cl)n2CC(C)(C)OC. The summed E-state index contributed by atoms with van der Waals surface area (Å²) in [6.07, 6.45) is 0. The third-order valence-corrected chi connectivity index (χ3v) is 3.63. The first kappa shape index (κ1) is 15.1. The molecule has 1 aromatic carbocycles. The van der Waals surface area contributed by atoms with Crippen molar-refractivity contribution in [2.75, 3.05) is 14.2 Å². The third kappa shape index (κ3) is 2.76. The second kappa shape index (κ2) is 5.62. The summed E-state index contributed by atoms with van der Waals surface area (Å²) in [7, 11) is 3.36. The van der Waals surface area contributed by atoms with Gasteiger partial charge >= 0.3 is 0 Å². The lowest BCUT2D eigenvalue weighted by Gasteiger charge is -2.25. The van der Waals surface area contributed by atoms with E-state index < -0.39 is 0 Å². The summed E-state index contributed by atoms with van der Waals surface area (Å²) in [6, 6.07) is 5.89. The van der Waals surface area contributed by atoms with Gasteiger partial charge in [-0.25, -0.2) is 4.98 Å². The highest BCUT2D eigenvalue weighted by Crippen LogP contribution is 2.31. The number of hydrogen-bond donors (Lipinski definition) is 0. The summed E-state index contributed by atoms with van der Waals surface area (Å²) in [5, 5.41) is -0.181. The molecule has 110 valence electrons. The van der Waals surface area contributed by atoms with Crippen LogP contribution < -0.4 is 4.74 Å². The van der Waals surface area contributed by atoms with Gasteiger partial charge in [-0.15, -0.1) is 11.6 Å². The number of benzene rings is 1. The molecule has 2 rings (SSSR count). The maximum absolute atomic E-state index is 6.28. The van der Waals surface area contributed by atoms with Crippen LogP contribution in [0.2, 0.25) is 0 Å². The van der Waals surface area contributed by atoms with Gasteiger partial charge in [0.2, 0.25) is 0 Å². The molecule has 0 fully saturated rings. The highest BCUT2D eigenvalue weighted by atomic mass is 35.5. The zero-order valence-corrected chi connectivity index (χ0v) is 13.4. The number of aromatic nitrogens is 2. The van der Waals surface area contributed by atoms with Crippen LogP contribution in [0.3, 0.4) is 0 Å². The molecule has 0 spiro atoms. The Balaban J connectivity index is 2.64. The van der Waals surface area contributed by atoms with E-state index in [2.05, 4.69) is 9.55 Å². The predicted octanol–water partition coefficient (Wildman–Crippen LogP) is 3.77. The van der Waals surface area contributed by atoms with E-state index in [-0.39, 0.29) is 11.0 Å². The second-order valence-corrected chi connectivity index (χ2v) is 6.12. The molecule has 0 radical (unpaired) electrons. The number of rotatable bonds is 5. The van der Waals surface area contributed by atoms with Crippen LogP contribution in [0, 0.1) is 0 Å². The first-order chi connectivity index (χ1) is 9.39. The highest BCUT2D eigenvalue weighted by Gasteiger charge is 2.24. The van der Waals surface area contributed by atoms with Crippen molar-refractivity contribution in [2.24, 2.45) is 0 Å². The molecule has 4 nitrogen and oxygen atoms in total. The molecule has 0 saturated carbocycles. The van der Waals surface area contributed by atoms with E-state index in [4.69, 9.17) is 21.1 Å². The molecule has 1 aromatic heterocycles. The Bertz CT molecular complexity index is 605. The highest BCUT2D eigenvalue weighted by molar-refractivity contribution is 6.20. The van der Waals surface area contributed by atoms with Crippen molar-refractivity contribution < 1.29 is 9.47 Å². The van der Waals surface area contributed by atoms with E-state index in [1.807, 2.05) is 39.0 Å². The van der Waals surface area contributed by atoms with Gasteiger partial charge in [0.15, 0.2) is 0 Å². The van der Waals surface area contributed by atoms with Crippen LogP contribution in [0.4, 0.5) is 0 Å². The molecule has 1 heterocycles. The number of hydrogen-bond acceptors (Lipinski definition) is 3. The van der Waals surface area contributed by atoms with Crippen molar-refractivity contribution in [1.29, 1.82) is 0 Å². The van der Waals surface area contributed by atoms with Crippen molar-refractivity contribution in [3.63, 3.8) is 0 Å². The minimum Gasteiger partial charge on any atom is -0.494 e. The lowest BCUT2D eigenvalue weighted by molar-refractivity contribution is 0.00842. The first-order valence-electron chi connectivity index (χ1n) is 6.62. The van der Waals surface area contributed by atoms with Crippen molar-refractivity contribution in [3.8, 4) is 5.75 Å². The molecule has 0 bridgehead atoms. The quantitative estimate of drug-likeness (QED) is 0.788. The molecule has 0 aliphatic rings. The van der Waals surface area contributed by atoms with Crippen molar-refractivity contribution >= 4 is 22.6 Å². The molecule has 1 atom stereocenters. The zero-order chi connectivity index (χ0) is 14.9. The van der Waals surface area contributed by atoms with Crippen LogP contribution in [0.1, 0.15) is 32.0 Å². The number of fused-ring (bicyclic) bond motifs is 1. The van der Waals surface area contributed by atoms with E-state index in [1.54, 1.807) is 14.2 Å². The normalized spacial score (nSPS) is 13.7. The van der Waals surface area contributed by atoms with Crippen LogP contribution in [-0.4, -0.2) is 29.4 Å². The number of halogens is 1. The van der Waals surface area contributed by atoms with Crippen LogP contribution in [0.25, 0.3) is 11.0 Å². The standard InChI is InChI=1S/C15H21ClN2O2/c1-10(16)14-17-13-11(7-6-8-12(13)19-4)18(14)9-15(2,3)20-5/h6-8,10H,9H2,1-5H3. The average molecular weight is 297 g/mol. The lowest BCUT2D eigenvalue weighted by atomic mass is 10.1. The Morgan fingerprint density at radius 1 is 1.35 bits per heavy atom. The van der Waals surface area contributed by atoms with Gasteiger partial charge in [0, 0.05) is 7.11 Å². The Hall–Kier alpha value is -1.26. The smallest absolute Gasteiger partial charge is 0.146 e. The summed E-state index contributed by atoms with van der Waals surface area (Å²) in [5.41, 5.74) is 1.55. The number of ether oxygens (including phenoxy) is 2. The monoisotopic (exact) mass is 296 g/mol. The van der Waals surface area contributed by atoms with Gasteiger partial charge < -0.3 is 14.0 Å². The maximum atomic E-state index is 6.28. The third-order valence-electron chi connectivity index (χ3n) is 3.44. The summed E-state index contributed by atoms with van der Waals surface area (Å²) in [5.74, 6) is 1.59. The van der Waals surface area contributed by atoms with Gasteiger partial charge in [0.1, 0.15) is 17.1 Å². The van der Waals surface area contributed by atoms with Crippen LogP contribution in [0.5, 0.6) is 5.75 Å². The molecule has 0 amide bonds. The van der Waals surface area contributed by atoms with E-state index in [0.29, 0.717) is 6.54 Å². The largest absolute Gasteiger partial charge is 0.494 e. The van der Waals surface area contributed by atoms with E-state index in [0.717, 1.165) is 22.6 Å². The van der Waals surface area contributed by atoms with Gasteiger partial charge in [-0.1, -0.05) is 6.07 Å². The van der Waals surface area contributed by atoms with Crippen LogP contribution >= 0.6 is 11.6 Å². The number of imidazole rings is 1. The van der Waals surface area contributed by atoms with E-state index in [9.17, 15) is 0 Å². The minimum atomic E-state index is -0.294. The van der Waals surface area contributed by atoms with Crippen molar-refractivity contribution in [1.82, 2.24) is 9.55 Å². The molecular formula is C15H21ClN2O2. The Morgan fingerprint density at radius 2 is 2.05 bits per heavy atom. The van der Waals surface area contributed by atoms with Crippen molar-refractivity contribution in [2.45, 2.75) is 38.3 Å². The fourth-order valence-electron chi connectivity index (χ4n) is 2.22. The van der Waals surface area contributed by atoms with Gasteiger partial charge in [-0.2, -0.15) is 0 Å². The predicted molar refractivity (Wildman–Crippen MR) is 81.6 cm³/mol. The summed E-state index contributed by atoms with van der Waals surface area (Å²) in [4.78, 5) is 4.65. The maximum Gasteiger partial charge on any atom is 0.146 e. The molecule has 20 heavy (non-hydrogen) atoms. The van der Waals surface area contributed by atoms with Crippen LogP contribution in [-0.2, 0) is 11.3 Å². The zero-order valence-electron chi connectivity index (χ0n) is 12.6. The average Bonchev–Trinajstić information content (AvgIpc) is 2.77. The molecular weight excluding hydrogens is 276 g/mol. The molecule has 0 aliphatic heterocycles. The summed E-state index contributed by atoms with van der Waals surface area (Å²) >= 11 is 6.28. The number of nitrogens with zero attached hydrogens (tertiary/aromatic N) is 2. The van der Waals surface area contributed by atoms with E-state index >= 15 is 0 Å². The number of methoxy groups -OCH3 is 2. The van der Waals surface area contributed by atoms with Gasteiger partial charge in [0.05, 0.1) is 30.1 Å². The summed E-state index contributed by atoms with van der Waals surface area (Å²) < 4.78 is 13.0. The molecule has 1 unspecified atom stereocenters.